The van der Waals surface area contributed by atoms with Gasteiger partial charge in [0.25, 0.3) is 5.91 Å². The summed E-state index contributed by atoms with van der Waals surface area (Å²) >= 11 is 11.8. The molecule has 0 saturated carbocycles. The van der Waals surface area contributed by atoms with Gasteiger partial charge in [0, 0.05) is 15.7 Å². The van der Waals surface area contributed by atoms with Crippen LogP contribution in [0.25, 0.3) is 0 Å². The van der Waals surface area contributed by atoms with Crippen LogP contribution in [0.3, 0.4) is 0 Å². The van der Waals surface area contributed by atoms with E-state index in [4.69, 9.17) is 27.9 Å². The fourth-order valence-electron chi connectivity index (χ4n) is 1.75. The Morgan fingerprint density at radius 2 is 1.81 bits per heavy atom. The lowest BCUT2D eigenvalue weighted by atomic mass is 10.2. The van der Waals surface area contributed by atoms with E-state index in [0.29, 0.717) is 21.5 Å². The highest BCUT2D eigenvalue weighted by Crippen LogP contribution is 2.23. The number of hydrogen-bond acceptors (Lipinski definition) is 2. The maximum absolute atomic E-state index is 12.1. The fraction of sp³-hybridized carbons (Fsp3) is 0.188. The predicted octanol–water partition coefficient (Wildman–Crippen LogP) is 4.71. The number of anilines is 1. The van der Waals surface area contributed by atoms with E-state index in [-0.39, 0.29) is 5.91 Å². The smallest absolute Gasteiger partial charge is 0.265 e. The van der Waals surface area contributed by atoms with Crippen LogP contribution in [-0.2, 0) is 4.79 Å². The summed E-state index contributed by atoms with van der Waals surface area (Å²) < 4.78 is 5.57. The van der Waals surface area contributed by atoms with Gasteiger partial charge in [0.1, 0.15) is 5.75 Å². The maximum Gasteiger partial charge on any atom is 0.265 e. The Labute approximate surface area is 133 Å². The summed E-state index contributed by atoms with van der Waals surface area (Å²) in [5, 5.41) is 4.04. The molecule has 5 heteroatoms. The van der Waals surface area contributed by atoms with E-state index in [0.717, 1.165) is 5.56 Å². The minimum absolute atomic E-state index is 0.240. The Kier molecular flexibility index (Phi) is 5.10. The van der Waals surface area contributed by atoms with Crippen molar-refractivity contribution in [3.05, 3.63) is 58.1 Å². The minimum atomic E-state index is -0.635. The highest BCUT2D eigenvalue weighted by molar-refractivity contribution is 6.31. The van der Waals surface area contributed by atoms with Crippen molar-refractivity contribution in [3.63, 3.8) is 0 Å². The topological polar surface area (TPSA) is 38.3 Å². The van der Waals surface area contributed by atoms with E-state index in [1.807, 2.05) is 6.92 Å². The third-order valence-electron chi connectivity index (χ3n) is 3.02. The van der Waals surface area contributed by atoms with Crippen LogP contribution in [0.4, 0.5) is 5.69 Å². The third-order valence-corrected chi connectivity index (χ3v) is 3.68. The number of benzene rings is 2. The summed E-state index contributed by atoms with van der Waals surface area (Å²) in [6.45, 7) is 3.53. The first kappa shape index (κ1) is 15.7. The first-order valence-electron chi connectivity index (χ1n) is 6.45. The van der Waals surface area contributed by atoms with Gasteiger partial charge >= 0.3 is 0 Å². The number of halogens is 2. The Morgan fingerprint density at radius 1 is 1.14 bits per heavy atom. The van der Waals surface area contributed by atoms with Gasteiger partial charge in [-0.25, -0.2) is 0 Å². The minimum Gasteiger partial charge on any atom is -0.481 e. The number of carbonyl (C=O) groups is 1. The molecule has 0 aliphatic heterocycles. The molecule has 0 aromatic heterocycles. The number of ether oxygens (including phenoxy) is 1. The van der Waals surface area contributed by atoms with Crippen molar-refractivity contribution in [1.29, 1.82) is 0 Å². The molecule has 0 aliphatic rings. The molecule has 0 spiro atoms. The third kappa shape index (κ3) is 4.13. The quantitative estimate of drug-likeness (QED) is 0.885. The molecular weight excluding hydrogens is 309 g/mol. The van der Waals surface area contributed by atoms with Crippen molar-refractivity contribution in [2.24, 2.45) is 0 Å². The largest absolute Gasteiger partial charge is 0.481 e. The van der Waals surface area contributed by atoms with E-state index in [9.17, 15) is 4.79 Å². The van der Waals surface area contributed by atoms with Crippen LogP contribution in [0.1, 0.15) is 12.5 Å². The first-order valence-corrected chi connectivity index (χ1v) is 7.21. The van der Waals surface area contributed by atoms with Gasteiger partial charge in [-0.05, 0) is 55.8 Å². The molecule has 2 aromatic carbocycles. The Bertz CT molecular complexity index is 641. The highest BCUT2D eigenvalue weighted by Gasteiger charge is 2.16. The first-order chi connectivity index (χ1) is 9.97. The monoisotopic (exact) mass is 323 g/mol. The second-order valence-electron chi connectivity index (χ2n) is 4.62. The lowest BCUT2D eigenvalue weighted by molar-refractivity contribution is -0.122. The van der Waals surface area contributed by atoms with Crippen molar-refractivity contribution in [3.8, 4) is 5.75 Å². The second kappa shape index (κ2) is 6.83. The molecule has 0 fully saturated rings. The summed E-state index contributed by atoms with van der Waals surface area (Å²) in [7, 11) is 0. The van der Waals surface area contributed by atoms with Gasteiger partial charge in [-0.15, -0.1) is 0 Å². The fourth-order valence-corrected chi connectivity index (χ4v) is 2.05. The molecule has 0 unspecified atom stereocenters. The predicted molar refractivity (Wildman–Crippen MR) is 86.4 cm³/mol. The standard InChI is InChI=1S/C16H15Cl2NO2/c1-10-14(18)4-3-5-15(10)19-16(20)11(2)21-13-8-6-12(17)7-9-13/h3-9,11H,1-2H3,(H,19,20)/t11-/m0/s1. The molecule has 2 aromatic rings. The second-order valence-corrected chi connectivity index (χ2v) is 5.46. The van der Waals surface area contributed by atoms with Gasteiger partial charge in [-0.1, -0.05) is 29.3 Å². The molecule has 1 atom stereocenters. The Balaban J connectivity index is 2.02. The molecule has 3 nitrogen and oxygen atoms in total. The van der Waals surface area contributed by atoms with E-state index in [2.05, 4.69) is 5.32 Å². The lowest BCUT2D eigenvalue weighted by Crippen LogP contribution is -2.30. The van der Waals surface area contributed by atoms with Crippen molar-refractivity contribution < 1.29 is 9.53 Å². The van der Waals surface area contributed by atoms with E-state index < -0.39 is 6.10 Å². The molecule has 0 saturated heterocycles. The lowest BCUT2D eigenvalue weighted by Gasteiger charge is -2.16. The van der Waals surface area contributed by atoms with Crippen LogP contribution in [0.5, 0.6) is 5.75 Å². The van der Waals surface area contributed by atoms with Crippen molar-refractivity contribution >= 4 is 34.8 Å². The van der Waals surface area contributed by atoms with E-state index >= 15 is 0 Å². The zero-order valence-electron chi connectivity index (χ0n) is 11.7. The van der Waals surface area contributed by atoms with Crippen molar-refractivity contribution in [2.45, 2.75) is 20.0 Å². The van der Waals surface area contributed by atoms with E-state index in [1.165, 1.54) is 0 Å². The summed E-state index contributed by atoms with van der Waals surface area (Å²) in [5.41, 5.74) is 1.50. The summed E-state index contributed by atoms with van der Waals surface area (Å²) in [6.07, 6.45) is -0.635. The van der Waals surface area contributed by atoms with Gasteiger partial charge in [0.2, 0.25) is 0 Å². The van der Waals surface area contributed by atoms with Crippen LogP contribution in [0.2, 0.25) is 10.0 Å². The van der Waals surface area contributed by atoms with Crippen LogP contribution < -0.4 is 10.1 Å². The Morgan fingerprint density at radius 3 is 2.48 bits per heavy atom. The molecule has 0 heterocycles. The summed E-state index contributed by atoms with van der Waals surface area (Å²) in [6, 6.07) is 12.2. The SMILES string of the molecule is Cc1c(Cl)cccc1NC(=O)[C@H](C)Oc1ccc(Cl)cc1. The molecule has 0 radical (unpaired) electrons. The molecule has 0 aliphatic carbocycles. The molecule has 110 valence electrons. The number of hydrogen-bond donors (Lipinski definition) is 1. The summed E-state index contributed by atoms with van der Waals surface area (Å²) in [5.74, 6) is 0.347. The zero-order chi connectivity index (χ0) is 15.4. The summed E-state index contributed by atoms with van der Waals surface area (Å²) in [4.78, 5) is 12.1. The van der Waals surface area contributed by atoms with E-state index in [1.54, 1.807) is 49.4 Å². The molecule has 1 amide bonds. The number of nitrogens with one attached hydrogen (secondary N) is 1. The van der Waals surface area contributed by atoms with Crippen LogP contribution in [0.15, 0.2) is 42.5 Å². The zero-order valence-corrected chi connectivity index (χ0v) is 13.2. The van der Waals surface area contributed by atoms with Crippen molar-refractivity contribution in [1.82, 2.24) is 0 Å². The number of amides is 1. The van der Waals surface area contributed by atoms with Crippen LogP contribution in [-0.4, -0.2) is 12.0 Å². The molecule has 1 N–H and O–H groups in total. The van der Waals surface area contributed by atoms with Gasteiger partial charge in [-0.3, -0.25) is 4.79 Å². The van der Waals surface area contributed by atoms with Gasteiger partial charge < -0.3 is 10.1 Å². The number of rotatable bonds is 4. The average molecular weight is 324 g/mol. The molecule has 0 bridgehead atoms. The molecular formula is C16H15Cl2NO2. The molecule has 2 rings (SSSR count). The average Bonchev–Trinajstić information content (AvgIpc) is 2.46. The molecule has 21 heavy (non-hydrogen) atoms. The van der Waals surface area contributed by atoms with Crippen LogP contribution in [0, 0.1) is 6.92 Å². The van der Waals surface area contributed by atoms with Gasteiger partial charge in [0.15, 0.2) is 6.10 Å². The Hall–Kier alpha value is -1.71. The highest BCUT2D eigenvalue weighted by atomic mass is 35.5. The maximum atomic E-state index is 12.1. The van der Waals surface area contributed by atoms with Crippen LogP contribution >= 0.6 is 23.2 Å². The van der Waals surface area contributed by atoms with Crippen molar-refractivity contribution in [2.75, 3.05) is 5.32 Å². The normalized spacial score (nSPS) is 11.8. The van der Waals surface area contributed by atoms with Gasteiger partial charge in [-0.2, -0.15) is 0 Å². The van der Waals surface area contributed by atoms with Gasteiger partial charge in [0.05, 0.1) is 0 Å². The number of carbonyl (C=O) groups excluding carboxylic acids is 1.